The molecule has 4 nitrogen and oxygen atoms in total. The molecule has 0 fully saturated rings. The summed E-state index contributed by atoms with van der Waals surface area (Å²) in [5, 5.41) is 7.72. The van der Waals surface area contributed by atoms with E-state index in [1.54, 1.807) is 4.68 Å². The minimum atomic E-state index is -0.0714. The summed E-state index contributed by atoms with van der Waals surface area (Å²) >= 11 is 0. The predicted molar refractivity (Wildman–Crippen MR) is 108 cm³/mol. The van der Waals surface area contributed by atoms with E-state index in [-0.39, 0.29) is 5.91 Å². The van der Waals surface area contributed by atoms with Crippen LogP contribution in [0.3, 0.4) is 0 Å². The molecule has 132 valence electrons. The lowest BCUT2D eigenvalue weighted by molar-refractivity contribution is -0.115. The summed E-state index contributed by atoms with van der Waals surface area (Å²) in [6.07, 6.45) is 0.321. The molecule has 1 N–H and O–H groups in total. The van der Waals surface area contributed by atoms with Gasteiger partial charge in [0.15, 0.2) is 0 Å². The number of anilines is 1. The van der Waals surface area contributed by atoms with Crippen molar-refractivity contribution in [2.45, 2.75) is 6.42 Å². The predicted octanol–water partition coefficient (Wildman–Crippen LogP) is 4.72. The number of nitrogens with one attached hydrogen (secondary N) is 1. The van der Waals surface area contributed by atoms with Crippen LogP contribution in [0, 0.1) is 0 Å². The summed E-state index contributed by atoms with van der Waals surface area (Å²) in [4.78, 5) is 12.6. The highest BCUT2D eigenvalue weighted by Crippen LogP contribution is 2.24. The van der Waals surface area contributed by atoms with E-state index in [9.17, 15) is 4.79 Å². The fraction of sp³-hybridized carbons (Fsp3) is 0.0435. The zero-order valence-electron chi connectivity index (χ0n) is 14.7. The van der Waals surface area contributed by atoms with Crippen LogP contribution in [-0.2, 0) is 11.2 Å². The van der Waals surface area contributed by atoms with Gasteiger partial charge < -0.3 is 5.32 Å². The first kappa shape index (κ1) is 16.8. The van der Waals surface area contributed by atoms with Crippen molar-refractivity contribution in [1.29, 1.82) is 0 Å². The third-order valence-corrected chi connectivity index (χ3v) is 4.25. The molecule has 0 aliphatic heterocycles. The molecule has 3 aromatic carbocycles. The van der Waals surface area contributed by atoms with Crippen LogP contribution in [0.2, 0.25) is 0 Å². The number of carbonyl (C=O) groups excluding carboxylic acids is 1. The fourth-order valence-electron chi connectivity index (χ4n) is 2.95. The topological polar surface area (TPSA) is 46.9 Å². The SMILES string of the molecule is O=C(Cc1ccccc1)Nc1cc(-c2ccccc2)nn1-c1ccccc1. The number of rotatable bonds is 5. The largest absolute Gasteiger partial charge is 0.310 e. The van der Waals surface area contributed by atoms with Gasteiger partial charge in [-0.25, -0.2) is 4.68 Å². The van der Waals surface area contributed by atoms with E-state index in [0.29, 0.717) is 12.2 Å². The van der Waals surface area contributed by atoms with Crippen molar-refractivity contribution >= 4 is 11.7 Å². The average Bonchev–Trinajstić information content (AvgIpc) is 3.14. The van der Waals surface area contributed by atoms with Crippen LogP contribution in [0.1, 0.15) is 5.56 Å². The molecule has 0 saturated carbocycles. The maximum Gasteiger partial charge on any atom is 0.229 e. The Bertz CT molecular complexity index is 1030. The molecule has 0 atom stereocenters. The van der Waals surface area contributed by atoms with Gasteiger partial charge >= 0.3 is 0 Å². The summed E-state index contributed by atoms with van der Waals surface area (Å²) in [5.74, 6) is 0.582. The van der Waals surface area contributed by atoms with Crippen LogP contribution in [0.25, 0.3) is 16.9 Å². The Morgan fingerprint density at radius 1 is 0.815 bits per heavy atom. The van der Waals surface area contributed by atoms with E-state index >= 15 is 0 Å². The Balaban J connectivity index is 1.66. The van der Waals surface area contributed by atoms with Crippen molar-refractivity contribution in [3.63, 3.8) is 0 Å². The van der Waals surface area contributed by atoms with Gasteiger partial charge in [-0.1, -0.05) is 78.9 Å². The first-order chi connectivity index (χ1) is 13.3. The van der Waals surface area contributed by atoms with Gasteiger partial charge in [-0.2, -0.15) is 5.10 Å². The molecule has 0 radical (unpaired) electrons. The molecule has 4 heteroatoms. The number of para-hydroxylation sites is 1. The molecule has 1 heterocycles. The van der Waals surface area contributed by atoms with Gasteiger partial charge in [-0.15, -0.1) is 0 Å². The van der Waals surface area contributed by atoms with Gasteiger partial charge in [0.05, 0.1) is 17.8 Å². The molecule has 0 aliphatic carbocycles. The lowest BCUT2D eigenvalue weighted by atomic mass is 10.1. The maximum atomic E-state index is 12.6. The molecule has 0 bridgehead atoms. The van der Waals surface area contributed by atoms with Crippen LogP contribution in [0.5, 0.6) is 0 Å². The smallest absolute Gasteiger partial charge is 0.229 e. The van der Waals surface area contributed by atoms with Crippen molar-refractivity contribution in [3.8, 4) is 16.9 Å². The molecular formula is C23H19N3O. The van der Waals surface area contributed by atoms with Crippen molar-refractivity contribution < 1.29 is 4.79 Å². The number of hydrogen-bond donors (Lipinski definition) is 1. The highest BCUT2D eigenvalue weighted by molar-refractivity contribution is 5.92. The Morgan fingerprint density at radius 3 is 2.07 bits per heavy atom. The molecular weight excluding hydrogens is 334 g/mol. The number of amides is 1. The van der Waals surface area contributed by atoms with E-state index in [4.69, 9.17) is 5.10 Å². The molecule has 0 unspecified atom stereocenters. The maximum absolute atomic E-state index is 12.6. The number of carbonyl (C=O) groups is 1. The van der Waals surface area contributed by atoms with Crippen molar-refractivity contribution in [2.75, 3.05) is 5.32 Å². The van der Waals surface area contributed by atoms with Crippen LogP contribution in [0.15, 0.2) is 97.1 Å². The zero-order valence-corrected chi connectivity index (χ0v) is 14.7. The molecule has 4 aromatic rings. The van der Waals surface area contributed by atoms with Crippen LogP contribution in [0.4, 0.5) is 5.82 Å². The minimum Gasteiger partial charge on any atom is -0.310 e. The zero-order chi connectivity index (χ0) is 18.5. The van der Waals surface area contributed by atoms with E-state index < -0.39 is 0 Å². The quantitative estimate of drug-likeness (QED) is 0.564. The average molecular weight is 353 g/mol. The van der Waals surface area contributed by atoms with E-state index in [1.807, 2.05) is 97.1 Å². The Kier molecular flexibility index (Phi) is 4.79. The normalized spacial score (nSPS) is 10.5. The first-order valence-corrected chi connectivity index (χ1v) is 8.84. The Morgan fingerprint density at radius 2 is 1.41 bits per heavy atom. The van der Waals surface area contributed by atoms with Gasteiger partial charge in [0.25, 0.3) is 0 Å². The van der Waals surface area contributed by atoms with E-state index in [1.165, 1.54) is 0 Å². The standard InChI is InChI=1S/C23H19N3O/c27-23(16-18-10-4-1-5-11-18)24-22-17-21(19-12-6-2-7-13-19)25-26(22)20-14-8-3-9-15-20/h1-15,17H,16H2,(H,24,27). The Hall–Kier alpha value is -3.66. The number of nitrogens with zero attached hydrogens (tertiary/aromatic N) is 2. The van der Waals surface area contributed by atoms with Gasteiger partial charge in [0.2, 0.25) is 5.91 Å². The van der Waals surface area contributed by atoms with Gasteiger partial charge in [-0.3, -0.25) is 4.79 Å². The molecule has 0 saturated heterocycles. The van der Waals surface area contributed by atoms with Gasteiger partial charge in [-0.05, 0) is 17.7 Å². The summed E-state index contributed by atoms with van der Waals surface area (Å²) in [6, 6.07) is 31.4. The van der Waals surface area contributed by atoms with E-state index in [0.717, 1.165) is 22.5 Å². The van der Waals surface area contributed by atoms with Crippen molar-refractivity contribution in [2.24, 2.45) is 0 Å². The van der Waals surface area contributed by atoms with Gasteiger partial charge in [0.1, 0.15) is 5.82 Å². The number of aromatic nitrogens is 2. The lowest BCUT2D eigenvalue weighted by Crippen LogP contribution is -2.17. The molecule has 27 heavy (non-hydrogen) atoms. The lowest BCUT2D eigenvalue weighted by Gasteiger charge is -2.09. The monoisotopic (exact) mass is 353 g/mol. The van der Waals surface area contributed by atoms with Crippen molar-refractivity contribution in [1.82, 2.24) is 9.78 Å². The first-order valence-electron chi connectivity index (χ1n) is 8.84. The molecule has 0 spiro atoms. The third-order valence-electron chi connectivity index (χ3n) is 4.25. The van der Waals surface area contributed by atoms with Crippen LogP contribution < -0.4 is 5.32 Å². The fourth-order valence-corrected chi connectivity index (χ4v) is 2.95. The molecule has 4 rings (SSSR count). The minimum absolute atomic E-state index is 0.0714. The molecule has 1 aromatic heterocycles. The van der Waals surface area contributed by atoms with Crippen LogP contribution >= 0.6 is 0 Å². The summed E-state index contributed by atoms with van der Waals surface area (Å²) < 4.78 is 1.77. The number of benzene rings is 3. The second-order valence-corrected chi connectivity index (χ2v) is 6.24. The second-order valence-electron chi connectivity index (χ2n) is 6.24. The highest BCUT2D eigenvalue weighted by Gasteiger charge is 2.14. The molecule has 0 aliphatic rings. The summed E-state index contributed by atoms with van der Waals surface area (Å²) in [6.45, 7) is 0. The van der Waals surface area contributed by atoms with Crippen LogP contribution in [-0.4, -0.2) is 15.7 Å². The second kappa shape index (κ2) is 7.70. The van der Waals surface area contributed by atoms with Gasteiger partial charge in [0, 0.05) is 11.6 Å². The highest BCUT2D eigenvalue weighted by atomic mass is 16.1. The molecule has 1 amide bonds. The van der Waals surface area contributed by atoms with E-state index in [2.05, 4.69) is 5.32 Å². The Labute approximate surface area is 158 Å². The number of hydrogen-bond acceptors (Lipinski definition) is 2. The summed E-state index contributed by atoms with van der Waals surface area (Å²) in [5.41, 5.74) is 3.69. The third kappa shape index (κ3) is 3.96. The van der Waals surface area contributed by atoms with Crippen molar-refractivity contribution in [3.05, 3.63) is 103 Å². The summed E-state index contributed by atoms with van der Waals surface area (Å²) in [7, 11) is 0.